The third-order valence-corrected chi connectivity index (χ3v) is 6.73. The summed E-state index contributed by atoms with van der Waals surface area (Å²) in [4.78, 5) is 14.0. The van der Waals surface area contributed by atoms with E-state index < -0.39 is 16.1 Å². The Kier molecular flexibility index (Phi) is 7.80. The molecule has 0 aromatic heterocycles. The van der Waals surface area contributed by atoms with Crippen LogP contribution in [0.1, 0.15) is 25.8 Å². The molecule has 1 amide bonds. The quantitative estimate of drug-likeness (QED) is 0.590. The van der Waals surface area contributed by atoms with Gasteiger partial charge in [-0.15, -0.1) is 11.8 Å². The van der Waals surface area contributed by atoms with E-state index in [1.807, 2.05) is 38.1 Å². The third-order valence-electron chi connectivity index (χ3n) is 4.18. The Labute approximate surface area is 176 Å². The molecule has 28 heavy (non-hydrogen) atoms. The van der Waals surface area contributed by atoms with Crippen LogP contribution in [0.25, 0.3) is 0 Å². The summed E-state index contributed by atoms with van der Waals surface area (Å²) in [7, 11) is -3.71. The Morgan fingerprint density at radius 1 is 1.21 bits per heavy atom. The monoisotopic (exact) mass is 440 g/mol. The summed E-state index contributed by atoms with van der Waals surface area (Å²) in [6.07, 6.45) is 1.41. The zero-order valence-corrected chi connectivity index (χ0v) is 18.8. The smallest absolute Gasteiger partial charge is 0.248 e. The molecule has 152 valence electrons. The minimum Gasteiger partial charge on any atom is -0.323 e. The van der Waals surface area contributed by atoms with Crippen LogP contribution in [0.15, 0.2) is 47.4 Å². The number of aryl methyl sites for hydroxylation is 1. The molecule has 0 spiro atoms. The lowest BCUT2D eigenvalue weighted by Gasteiger charge is -2.30. The molecular formula is C20H25ClN2O3S2. The van der Waals surface area contributed by atoms with Crippen LogP contribution in [0.2, 0.25) is 5.02 Å². The summed E-state index contributed by atoms with van der Waals surface area (Å²) in [5, 5.41) is 3.35. The summed E-state index contributed by atoms with van der Waals surface area (Å²) in [6.45, 7) is 5.65. The average Bonchev–Trinajstić information content (AvgIpc) is 2.62. The number of para-hydroxylation sites is 1. The van der Waals surface area contributed by atoms with E-state index in [0.717, 1.165) is 26.8 Å². The molecular weight excluding hydrogens is 416 g/mol. The predicted octanol–water partition coefficient (Wildman–Crippen LogP) is 4.94. The van der Waals surface area contributed by atoms with E-state index in [1.54, 1.807) is 36.9 Å². The second kappa shape index (κ2) is 9.67. The highest BCUT2D eigenvalue weighted by molar-refractivity contribution is 7.99. The van der Waals surface area contributed by atoms with Crippen molar-refractivity contribution in [2.75, 3.05) is 21.6 Å². The van der Waals surface area contributed by atoms with Crippen molar-refractivity contribution in [3.05, 3.63) is 53.1 Å². The van der Waals surface area contributed by atoms with E-state index in [2.05, 4.69) is 5.32 Å². The fourth-order valence-corrected chi connectivity index (χ4v) is 4.99. The molecule has 0 saturated heterocycles. The zero-order chi connectivity index (χ0) is 20.9. The molecule has 2 aromatic carbocycles. The van der Waals surface area contributed by atoms with E-state index in [1.165, 1.54) is 0 Å². The van der Waals surface area contributed by atoms with Crippen LogP contribution in [-0.4, -0.2) is 32.4 Å². The Morgan fingerprint density at radius 3 is 2.46 bits per heavy atom. The van der Waals surface area contributed by atoms with E-state index in [9.17, 15) is 13.2 Å². The standard InChI is InChI=1S/C20H25ClN2O3S2/c1-5-18(20(24)22-17-9-7-8-10-19(17)27-6-2)23(28(4,25)26)15-12-11-14(3)16(21)13-15/h7-13,18H,5-6H2,1-4H3,(H,22,24). The van der Waals surface area contributed by atoms with Crippen LogP contribution in [0.4, 0.5) is 11.4 Å². The Morgan fingerprint density at radius 2 is 1.89 bits per heavy atom. The lowest BCUT2D eigenvalue weighted by Crippen LogP contribution is -2.47. The minimum absolute atomic E-state index is 0.313. The maximum atomic E-state index is 13.1. The predicted molar refractivity (Wildman–Crippen MR) is 119 cm³/mol. The number of hydrogen-bond acceptors (Lipinski definition) is 4. The molecule has 0 fully saturated rings. The van der Waals surface area contributed by atoms with Crippen molar-refractivity contribution in [3.63, 3.8) is 0 Å². The van der Waals surface area contributed by atoms with Gasteiger partial charge in [0.2, 0.25) is 15.9 Å². The number of nitrogens with one attached hydrogen (secondary N) is 1. The van der Waals surface area contributed by atoms with E-state index in [0.29, 0.717) is 22.8 Å². The first-order valence-corrected chi connectivity index (χ1v) is 12.2. The minimum atomic E-state index is -3.71. The number of carbonyl (C=O) groups is 1. The molecule has 1 N–H and O–H groups in total. The summed E-state index contributed by atoms with van der Waals surface area (Å²) < 4.78 is 26.2. The van der Waals surface area contributed by atoms with Gasteiger partial charge in [0, 0.05) is 9.92 Å². The summed E-state index contributed by atoms with van der Waals surface area (Å²) in [6, 6.07) is 11.6. The molecule has 8 heteroatoms. The van der Waals surface area contributed by atoms with Gasteiger partial charge in [-0.3, -0.25) is 9.10 Å². The van der Waals surface area contributed by atoms with Crippen molar-refractivity contribution in [2.24, 2.45) is 0 Å². The fourth-order valence-electron chi connectivity index (χ4n) is 2.85. The summed E-state index contributed by atoms with van der Waals surface area (Å²) >= 11 is 7.81. The van der Waals surface area contributed by atoms with Crippen LogP contribution >= 0.6 is 23.4 Å². The number of benzene rings is 2. The highest BCUT2D eigenvalue weighted by atomic mass is 35.5. The maximum Gasteiger partial charge on any atom is 0.248 e. The largest absolute Gasteiger partial charge is 0.323 e. The van der Waals surface area contributed by atoms with E-state index in [4.69, 9.17) is 11.6 Å². The third kappa shape index (κ3) is 5.43. The molecule has 0 heterocycles. The molecule has 0 aliphatic heterocycles. The number of nitrogens with zero attached hydrogens (tertiary/aromatic N) is 1. The first-order chi connectivity index (χ1) is 13.2. The maximum absolute atomic E-state index is 13.1. The second-order valence-electron chi connectivity index (χ2n) is 6.33. The number of halogens is 1. The number of amides is 1. The molecule has 0 radical (unpaired) electrons. The highest BCUT2D eigenvalue weighted by Gasteiger charge is 2.32. The lowest BCUT2D eigenvalue weighted by atomic mass is 10.1. The van der Waals surface area contributed by atoms with Crippen LogP contribution in [0.5, 0.6) is 0 Å². The first kappa shape index (κ1) is 22.6. The van der Waals surface area contributed by atoms with Crippen molar-refractivity contribution >= 4 is 50.7 Å². The van der Waals surface area contributed by atoms with Gasteiger partial charge in [0.25, 0.3) is 0 Å². The number of hydrogen-bond donors (Lipinski definition) is 1. The molecule has 2 aromatic rings. The van der Waals surface area contributed by atoms with Gasteiger partial charge in [-0.2, -0.15) is 0 Å². The highest BCUT2D eigenvalue weighted by Crippen LogP contribution is 2.30. The second-order valence-corrected chi connectivity index (χ2v) is 9.91. The molecule has 2 rings (SSSR count). The first-order valence-electron chi connectivity index (χ1n) is 8.97. The molecule has 0 aliphatic carbocycles. The topological polar surface area (TPSA) is 66.5 Å². The van der Waals surface area contributed by atoms with Gasteiger partial charge in [-0.25, -0.2) is 8.42 Å². The van der Waals surface area contributed by atoms with Crippen molar-refractivity contribution in [3.8, 4) is 0 Å². The molecule has 1 atom stereocenters. The van der Waals surface area contributed by atoms with E-state index in [-0.39, 0.29) is 5.91 Å². The molecule has 0 bridgehead atoms. The van der Waals surface area contributed by atoms with Crippen molar-refractivity contribution in [1.82, 2.24) is 0 Å². The molecule has 0 saturated carbocycles. The van der Waals surface area contributed by atoms with Gasteiger partial charge in [-0.1, -0.05) is 43.6 Å². The van der Waals surface area contributed by atoms with Crippen LogP contribution in [0.3, 0.4) is 0 Å². The number of anilines is 2. The van der Waals surface area contributed by atoms with Crippen molar-refractivity contribution < 1.29 is 13.2 Å². The van der Waals surface area contributed by atoms with Crippen molar-refractivity contribution in [2.45, 2.75) is 38.1 Å². The van der Waals surface area contributed by atoms with Crippen molar-refractivity contribution in [1.29, 1.82) is 0 Å². The number of carbonyl (C=O) groups excluding carboxylic acids is 1. The van der Waals surface area contributed by atoms with Gasteiger partial charge in [0.1, 0.15) is 6.04 Å². The van der Waals surface area contributed by atoms with Gasteiger partial charge in [0.05, 0.1) is 17.6 Å². The Hall–Kier alpha value is -1.70. The molecule has 5 nitrogen and oxygen atoms in total. The fraction of sp³-hybridized carbons (Fsp3) is 0.350. The van der Waals surface area contributed by atoms with Gasteiger partial charge < -0.3 is 5.32 Å². The van der Waals surface area contributed by atoms with Gasteiger partial charge in [-0.05, 0) is 48.9 Å². The SMILES string of the molecule is CCSc1ccccc1NC(=O)C(CC)N(c1ccc(C)c(Cl)c1)S(C)(=O)=O. The average molecular weight is 441 g/mol. The lowest BCUT2D eigenvalue weighted by molar-refractivity contribution is -0.117. The van der Waals surface area contributed by atoms with Crippen LogP contribution in [-0.2, 0) is 14.8 Å². The van der Waals surface area contributed by atoms with Gasteiger partial charge >= 0.3 is 0 Å². The molecule has 1 unspecified atom stereocenters. The number of rotatable bonds is 8. The van der Waals surface area contributed by atoms with Crippen LogP contribution in [0, 0.1) is 6.92 Å². The zero-order valence-electron chi connectivity index (χ0n) is 16.4. The summed E-state index contributed by atoms with van der Waals surface area (Å²) in [5.41, 5.74) is 1.88. The number of thioether (sulfide) groups is 1. The number of sulfonamides is 1. The Bertz CT molecular complexity index is 948. The molecule has 0 aliphatic rings. The summed E-state index contributed by atoms with van der Waals surface area (Å²) in [5.74, 6) is 0.482. The van der Waals surface area contributed by atoms with Gasteiger partial charge in [0.15, 0.2) is 0 Å². The normalized spacial score (nSPS) is 12.5. The van der Waals surface area contributed by atoms with E-state index >= 15 is 0 Å². The van der Waals surface area contributed by atoms with Crippen LogP contribution < -0.4 is 9.62 Å². The Balaban J connectivity index is 2.41.